The quantitative estimate of drug-likeness (QED) is 0.630. The number of hydrogen-bond donors (Lipinski definition) is 1. The van der Waals surface area contributed by atoms with E-state index in [1.165, 1.54) is 27.8 Å². The van der Waals surface area contributed by atoms with Gasteiger partial charge in [-0.1, -0.05) is 48.6 Å². The van der Waals surface area contributed by atoms with Gasteiger partial charge in [0.1, 0.15) is 12.5 Å². The number of fused-ring (bicyclic) bond motifs is 2. The van der Waals surface area contributed by atoms with E-state index < -0.39 is 0 Å². The molecule has 0 fully saturated rings. The fraction of sp³-hybridized carbons (Fsp3) is 0.174. The van der Waals surface area contributed by atoms with Crippen LogP contribution in [0.4, 0.5) is 0 Å². The minimum Gasteiger partial charge on any atom is -0.507 e. The van der Waals surface area contributed by atoms with Gasteiger partial charge in [-0.3, -0.25) is 0 Å². The predicted molar refractivity (Wildman–Crippen MR) is 105 cm³/mol. The monoisotopic (exact) mass is 330 g/mol. The highest BCUT2D eigenvalue weighted by molar-refractivity contribution is 5.98. The van der Waals surface area contributed by atoms with Crippen LogP contribution in [0.3, 0.4) is 0 Å². The van der Waals surface area contributed by atoms with Gasteiger partial charge in [0.05, 0.1) is 0 Å². The fourth-order valence-electron chi connectivity index (χ4n) is 3.71. The number of rotatable bonds is 1. The molecule has 3 aromatic carbocycles. The molecular weight excluding hydrogens is 308 g/mol. The van der Waals surface area contributed by atoms with E-state index in [9.17, 15) is 5.11 Å². The van der Waals surface area contributed by atoms with Crippen LogP contribution >= 0.6 is 0 Å². The molecule has 0 saturated carbocycles. The maximum atomic E-state index is 10.9. The maximum Gasteiger partial charge on any atom is 0.131 e. The fourth-order valence-corrected chi connectivity index (χ4v) is 3.71. The van der Waals surface area contributed by atoms with Crippen molar-refractivity contribution in [1.82, 2.24) is 0 Å². The summed E-state index contributed by atoms with van der Waals surface area (Å²) in [7, 11) is 0. The van der Waals surface area contributed by atoms with Crippen LogP contribution in [-0.2, 0) is 11.2 Å². The largest absolute Gasteiger partial charge is 0.507 e. The Balaban J connectivity index is 0.000000880. The van der Waals surface area contributed by atoms with Crippen molar-refractivity contribution in [2.75, 3.05) is 0 Å². The Morgan fingerprint density at radius 3 is 2.44 bits per heavy atom. The molecule has 0 saturated heterocycles. The van der Waals surface area contributed by atoms with E-state index in [-0.39, 0.29) is 0 Å². The van der Waals surface area contributed by atoms with Gasteiger partial charge in [0.25, 0.3) is 0 Å². The van der Waals surface area contributed by atoms with Crippen molar-refractivity contribution < 1.29 is 9.90 Å². The number of carbonyl (C=O) groups excluding carboxylic acids is 1. The molecular formula is C23H22O2. The van der Waals surface area contributed by atoms with Gasteiger partial charge < -0.3 is 9.90 Å². The predicted octanol–water partition coefficient (Wildman–Crippen LogP) is 5.60. The van der Waals surface area contributed by atoms with Crippen LogP contribution in [0, 0.1) is 13.8 Å². The van der Waals surface area contributed by atoms with Crippen molar-refractivity contribution in [3.63, 3.8) is 0 Å². The van der Waals surface area contributed by atoms with Crippen molar-refractivity contribution in [3.05, 3.63) is 70.8 Å². The first-order chi connectivity index (χ1) is 12.2. The Morgan fingerprint density at radius 1 is 0.960 bits per heavy atom. The molecule has 0 spiro atoms. The molecule has 1 N–H and O–H groups in total. The molecule has 2 heteroatoms. The lowest BCUT2D eigenvalue weighted by molar-refractivity contribution is -0.0979. The summed E-state index contributed by atoms with van der Waals surface area (Å²) in [4.78, 5) is 8.00. The number of benzene rings is 3. The Bertz CT molecular complexity index is 967. The number of carbonyl (C=O) groups is 1. The van der Waals surface area contributed by atoms with Gasteiger partial charge in [0.2, 0.25) is 0 Å². The third kappa shape index (κ3) is 2.85. The molecule has 0 bridgehead atoms. The third-order valence-electron chi connectivity index (χ3n) is 4.90. The summed E-state index contributed by atoms with van der Waals surface area (Å²) in [5.41, 5.74) is 7.16. The second-order valence-corrected chi connectivity index (χ2v) is 6.41. The summed E-state index contributed by atoms with van der Waals surface area (Å²) in [6, 6.07) is 14.6. The van der Waals surface area contributed by atoms with Crippen molar-refractivity contribution in [2.45, 2.75) is 26.7 Å². The SMILES string of the molecule is C=O.Cc1ccc2c(c1-c1cc(C)c3ccccc3c1O)C=CCC2. The van der Waals surface area contributed by atoms with E-state index >= 15 is 0 Å². The summed E-state index contributed by atoms with van der Waals surface area (Å²) >= 11 is 0. The minimum atomic E-state index is 0.390. The van der Waals surface area contributed by atoms with Crippen LogP contribution < -0.4 is 0 Å². The van der Waals surface area contributed by atoms with Crippen LogP contribution in [-0.4, -0.2) is 11.9 Å². The van der Waals surface area contributed by atoms with E-state index in [2.05, 4.69) is 50.3 Å². The number of aromatic hydroxyl groups is 1. The zero-order valence-corrected chi connectivity index (χ0v) is 14.7. The molecule has 1 aliphatic rings. The first-order valence-electron chi connectivity index (χ1n) is 8.46. The average Bonchev–Trinajstić information content (AvgIpc) is 2.67. The lowest BCUT2D eigenvalue weighted by Crippen LogP contribution is -1.99. The summed E-state index contributed by atoms with van der Waals surface area (Å²) in [6.07, 6.45) is 6.62. The lowest BCUT2D eigenvalue weighted by Gasteiger charge is -2.20. The Hall–Kier alpha value is -2.87. The standard InChI is InChI=1S/C22H20O.CH2O/c1-14-11-12-16-7-3-4-9-18(16)21(14)20-13-15(2)17-8-5-6-10-19(17)22(20)23;1-2/h4-6,8-13,23H,3,7H2,1-2H3;1H2. The summed E-state index contributed by atoms with van der Waals surface area (Å²) in [6.45, 7) is 6.24. The van der Waals surface area contributed by atoms with Crippen LogP contribution in [0.25, 0.3) is 28.0 Å². The third-order valence-corrected chi connectivity index (χ3v) is 4.90. The zero-order valence-electron chi connectivity index (χ0n) is 14.7. The zero-order chi connectivity index (χ0) is 18.0. The smallest absolute Gasteiger partial charge is 0.131 e. The van der Waals surface area contributed by atoms with Crippen LogP contribution in [0.1, 0.15) is 28.7 Å². The average molecular weight is 330 g/mol. The number of phenols is 1. The van der Waals surface area contributed by atoms with Crippen LogP contribution in [0.5, 0.6) is 5.75 Å². The van der Waals surface area contributed by atoms with E-state index in [0.29, 0.717) is 5.75 Å². The highest BCUT2D eigenvalue weighted by Gasteiger charge is 2.18. The van der Waals surface area contributed by atoms with Gasteiger partial charge in [-0.2, -0.15) is 0 Å². The van der Waals surface area contributed by atoms with E-state index in [1.54, 1.807) is 0 Å². The molecule has 0 radical (unpaired) electrons. The number of aryl methyl sites for hydroxylation is 3. The number of hydrogen-bond acceptors (Lipinski definition) is 2. The summed E-state index contributed by atoms with van der Waals surface area (Å²) < 4.78 is 0. The molecule has 0 unspecified atom stereocenters. The molecule has 4 rings (SSSR count). The second kappa shape index (κ2) is 6.94. The topological polar surface area (TPSA) is 37.3 Å². The van der Waals surface area contributed by atoms with E-state index in [4.69, 9.17) is 4.79 Å². The highest BCUT2D eigenvalue weighted by Crippen LogP contribution is 2.42. The van der Waals surface area contributed by atoms with Gasteiger partial charge in [-0.25, -0.2) is 0 Å². The van der Waals surface area contributed by atoms with Gasteiger partial charge >= 0.3 is 0 Å². The highest BCUT2D eigenvalue weighted by atomic mass is 16.3. The van der Waals surface area contributed by atoms with Gasteiger partial charge in [-0.05, 0) is 66.0 Å². The molecule has 126 valence electrons. The van der Waals surface area contributed by atoms with Gasteiger partial charge in [0.15, 0.2) is 0 Å². The molecule has 0 heterocycles. The van der Waals surface area contributed by atoms with Crippen molar-refractivity contribution in [3.8, 4) is 16.9 Å². The normalized spacial score (nSPS) is 12.4. The first kappa shape index (κ1) is 17.0. The van der Waals surface area contributed by atoms with Gasteiger partial charge in [-0.15, -0.1) is 0 Å². The Labute approximate surface area is 148 Å². The van der Waals surface area contributed by atoms with Crippen molar-refractivity contribution in [2.24, 2.45) is 0 Å². The summed E-state index contributed by atoms with van der Waals surface area (Å²) in [5, 5.41) is 13.0. The maximum absolute atomic E-state index is 10.9. The molecule has 1 aliphatic carbocycles. The molecule has 25 heavy (non-hydrogen) atoms. The summed E-state index contributed by atoms with van der Waals surface area (Å²) in [5.74, 6) is 0.390. The Morgan fingerprint density at radius 2 is 1.68 bits per heavy atom. The molecule has 0 aromatic heterocycles. The number of phenolic OH excluding ortho intramolecular Hbond substituents is 1. The lowest BCUT2D eigenvalue weighted by atomic mass is 9.85. The van der Waals surface area contributed by atoms with Crippen molar-refractivity contribution in [1.29, 1.82) is 0 Å². The molecule has 0 atom stereocenters. The van der Waals surface area contributed by atoms with Crippen LogP contribution in [0.2, 0.25) is 0 Å². The van der Waals surface area contributed by atoms with Crippen molar-refractivity contribution >= 4 is 23.6 Å². The minimum absolute atomic E-state index is 0.390. The second-order valence-electron chi connectivity index (χ2n) is 6.41. The first-order valence-corrected chi connectivity index (χ1v) is 8.46. The molecule has 0 aliphatic heterocycles. The van der Waals surface area contributed by atoms with E-state index in [1.807, 2.05) is 25.0 Å². The van der Waals surface area contributed by atoms with Crippen LogP contribution in [0.15, 0.2) is 48.5 Å². The van der Waals surface area contributed by atoms with Gasteiger partial charge in [0, 0.05) is 10.9 Å². The molecule has 3 aromatic rings. The Kier molecular flexibility index (Phi) is 4.71. The number of allylic oxidation sites excluding steroid dienone is 1. The molecule has 0 amide bonds. The van der Waals surface area contributed by atoms with E-state index in [0.717, 1.165) is 29.2 Å². The molecule has 2 nitrogen and oxygen atoms in total.